The van der Waals surface area contributed by atoms with E-state index in [1.807, 2.05) is 0 Å². The van der Waals surface area contributed by atoms with E-state index in [-0.39, 0.29) is 0 Å². The molecule has 0 radical (unpaired) electrons. The topological polar surface area (TPSA) is 160 Å². The third-order valence-electron chi connectivity index (χ3n) is 3.09. The number of rotatable bonds is 8. The van der Waals surface area contributed by atoms with Gasteiger partial charge in [0.1, 0.15) is 6.61 Å². The summed E-state index contributed by atoms with van der Waals surface area (Å²) in [5.74, 6) is -1.50. The van der Waals surface area contributed by atoms with Gasteiger partial charge < -0.3 is 30.5 Å². The van der Waals surface area contributed by atoms with Gasteiger partial charge >= 0.3 is 5.69 Å². The molecule has 0 atom stereocenters. The Bertz CT molecular complexity index is 806. The summed E-state index contributed by atoms with van der Waals surface area (Å²) in [6.45, 7) is 1.23. The van der Waals surface area contributed by atoms with E-state index in [1.165, 1.54) is 24.4 Å². The summed E-state index contributed by atoms with van der Waals surface area (Å²) >= 11 is 0. The van der Waals surface area contributed by atoms with Gasteiger partial charge in [-0.1, -0.05) is 5.16 Å². The molecule has 0 saturated heterocycles. The second kappa shape index (κ2) is 8.55. The van der Waals surface area contributed by atoms with Gasteiger partial charge in [0.15, 0.2) is 17.2 Å². The monoisotopic (exact) mass is 350 g/mol. The Morgan fingerprint density at radius 1 is 1.12 bits per heavy atom. The van der Waals surface area contributed by atoms with Crippen LogP contribution in [0, 0.1) is 0 Å². The van der Waals surface area contributed by atoms with Crippen LogP contribution < -0.4 is 16.6 Å². The Hall–Kier alpha value is -3.27. The van der Waals surface area contributed by atoms with Crippen molar-refractivity contribution in [2.75, 3.05) is 13.2 Å². The van der Waals surface area contributed by atoms with Crippen LogP contribution >= 0.6 is 0 Å². The second-order valence-corrected chi connectivity index (χ2v) is 5.12. The van der Waals surface area contributed by atoms with Crippen molar-refractivity contribution in [3.8, 4) is 17.2 Å². The van der Waals surface area contributed by atoms with Crippen molar-refractivity contribution in [2.24, 2.45) is 5.16 Å². The zero-order chi connectivity index (χ0) is 18.2. The first-order valence-electron chi connectivity index (χ1n) is 7.39. The van der Waals surface area contributed by atoms with E-state index in [4.69, 9.17) is 4.84 Å². The summed E-state index contributed by atoms with van der Waals surface area (Å²) < 4.78 is 0. The number of aromatic nitrogens is 2. The number of benzene rings is 1. The van der Waals surface area contributed by atoms with Crippen LogP contribution in [-0.4, -0.2) is 44.7 Å². The number of aromatic amines is 2. The molecule has 0 aliphatic rings. The fraction of sp³-hybridized carbons (Fsp3) is 0.267. The second-order valence-electron chi connectivity index (χ2n) is 5.12. The SMILES string of the molecule is O=c1cc(CNCCCO/N=C/c2cc(O)c(O)c(O)c2)[nH]c(=O)[nH]1. The molecule has 0 aliphatic carbocycles. The predicted octanol–water partition coefficient (Wildman–Crippen LogP) is -0.290. The fourth-order valence-corrected chi connectivity index (χ4v) is 1.95. The van der Waals surface area contributed by atoms with E-state index >= 15 is 0 Å². The van der Waals surface area contributed by atoms with Crippen LogP contribution in [0.4, 0.5) is 0 Å². The zero-order valence-corrected chi connectivity index (χ0v) is 13.2. The Morgan fingerprint density at radius 3 is 2.52 bits per heavy atom. The molecule has 0 spiro atoms. The quantitative estimate of drug-likeness (QED) is 0.165. The van der Waals surface area contributed by atoms with Crippen molar-refractivity contribution in [1.29, 1.82) is 0 Å². The lowest BCUT2D eigenvalue weighted by molar-refractivity contribution is 0.143. The highest BCUT2D eigenvalue weighted by Gasteiger charge is 2.06. The molecule has 6 N–H and O–H groups in total. The molecular formula is C15H18N4O6. The molecule has 0 unspecified atom stereocenters. The van der Waals surface area contributed by atoms with Gasteiger partial charge in [-0.05, 0) is 25.1 Å². The maximum Gasteiger partial charge on any atom is 0.325 e. The number of hydrogen-bond donors (Lipinski definition) is 6. The third kappa shape index (κ3) is 5.70. The summed E-state index contributed by atoms with van der Waals surface area (Å²) in [5.41, 5.74) is -0.151. The minimum atomic E-state index is -0.592. The first-order valence-corrected chi connectivity index (χ1v) is 7.39. The largest absolute Gasteiger partial charge is 0.504 e. The number of nitrogens with zero attached hydrogens (tertiary/aromatic N) is 1. The molecule has 0 amide bonds. The normalized spacial score (nSPS) is 11.0. The van der Waals surface area contributed by atoms with Gasteiger partial charge in [0, 0.05) is 23.9 Å². The lowest BCUT2D eigenvalue weighted by Gasteiger charge is -2.04. The molecule has 134 valence electrons. The number of phenolic OH excluding ortho intramolecular Hbond substituents is 3. The van der Waals surface area contributed by atoms with Crippen LogP contribution in [0.2, 0.25) is 0 Å². The van der Waals surface area contributed by atoms with Gasteiger partial charge in [-0.25, -0.2) is 4.79 Å². The van der Waals surface area contributed by atoms with Crippen LogP contribution in [0.25, 0.3) is 0 Å². The maximum absolute atomic E-state index is 11.1. The number of phenols is 3. The van der Waals surface area contributed by atoms with Crippen LogP contribution in [0.1, 0.15) is 17.7 Å². The Balaban J connectivity index is 1.66. The molecule has 1 heterocycles. The summed E-state index contributed by atoms with van der Waals surface area (Å²) in [6.07, 6.45) is 1.91. The van der Waals surface area contributed by atoms with E-state index in [1.54, 1.807) is 0 Å². The molecule has 0 aliphatic heterocycles. The first kappa shape index (κ1) is 18.1. The zero-order valence-electron chi connectivity index (χ0n) is 13.2. The maximum atomic E-state index is 11.1. The molecule has 10 nitrogen and oxygen atoms in total. The highest BCUT2D eigenvalue weighted by atomic mass is 16.6. The number of hydrogen-bond acceptors (Lipinski definition) is 8. The van der Waals surface area contributed by atoms with E-state index in [2.05, 4.69) is 20.4 Å². The van der Waals surface area contributed by atoms with E-state index in [9.17, 15) is 24.9 Å². The highest BCUT2D eigenvalue weighted by Crippen LogP contribution is 2.34. The molecule has 1 aromatic heterocycles. The number of oxime groups is 1. The van der Waals surface area contributed by atoms with Gasteiger partial charge in [-0.15, -0.1) is 0 Å². The van der Waals surface area contributed by atoms with Crippen molar-refractivity contribution in [1.82, 2.24) is 15.3 Å². The molecular weight excluding hydrogens is 332 g/mol. The number of H-pyrrole nitrogens is 2. The first-order chi connectivity index (χ1) is 12.0. The van der Waals surface area contributed by atoms with Gasteiger partial charge in [0.05, 0.1) is 6.21 Å². The molecule has 0 fully saturated rings. The van der Waals surface area contributed by atoms with E-state index < -0.39 is 28.5 Å². The summed E-state index contributed by atoms with van der Waals surface area (Å²) in [4.78, 5) is 31.8. The molecule has 10 heteroatoms. The molecule has 2 aromatic rings. The lowest BCUT2D eigenvalue weighted by atomic mass is 10.2. The minimum absolute atomic E-state index is 0.311. The van der Waals surface area contributed by atoms with Gasteiger partial charge in [-0.3, -0.25) is 9.78 Å². The van der Waals surface area contributed by atoms with Crippen molar-refractivity contribution in [3.63, 3.8) is 0 Å². The van der Waals surface area contributed by atoms with Crippen LogP contribution in [0.15, 0.2) is 32.9 Å². The summed E-state index contributed by atoms with van der Waals surface area (Å²) in [5, 5.41) is 34.6. The van der Waals surface area contributed by atoms with Crippen molar-refractivity contribution < 1.29 is 20.2 Å². The standard InChI is InChI=1S/C15H18N4O6/c20-11-4-9(5-12(21)14(11)23)7-17-25-3-1-2-16-8-10-6-13(22)19-15(24)18-10/h4-7,16,20-21,23H,1-3,8H2,(H2,18,19,22,24)/b17-7+. The fourth-order valence-electron chi connectivity index (χ4n) is 1.95. The number of aromatic hydroxyl groups is 3. The van der Waals surface area contributed by atoms with Crippen molar-refractivity contribution in [2.45, 2.75) is 13.0 Å². The summed E-state index contributed by atoms with van der Waals surface area (Å²) in [6, 6.07) is 3.76. The molecule has 0 saturated carbocycles. The molecule has 1 aromatic carbocycles. The molecule has 25 heavy (non-hydrogen) atoms. The Kier molecular flexibility index (Phi) is 6.18. The average molecular weight is 350 g/mol. The molecule has 2 rings (SSSR count). The smallest absolute Gasteiger partial charge is 0.325 e. The van der Waals surface area contributed by atoms with E-state index in [0.717, 1.165) is 0 Å². The lowest BCUT2D eigenvalue weighted by Crippen LogP contribution is -2.26. The van der Waals surface area contributed by atoms with Crippen molar-refractivity contribution >= 4 is 6.21 Å². The summed E-state index contributed by atoms with van der Waals surface area (Å²) in [7, 11) is 0. The average Bonchev–Trinajstić information content (AvgIpc) is 2.54. The van der Waals surface area contributed by atoms with Crippen LogP contribution in [0.5, 0.6) is 17.2 Å². The Morgan fingerprint density at radius 2 is 1.84 bits per heavy atom. The van der Waals surface area contributed by atoms with Crippen LogP contribution in [-0.2, 0) is 11.4 Å². The highest BCUT2D eigenvalue weighted by molar-refractivity contribution is 5.81. The number of nitrogens with one attached hydrogen (secondary N) is 3. The van der Waals surface area contributed by atoms with Crippen molar-refractivity contribution in [3.05, 3.63) is 50.3 Å². The predicted molar refractivity (Wildman–Crippen MR) is 89.0 cm³/mol. The van der Waals surface area contributed by atoms with Gasteiger partial charge in [0.25, 0.3) is 5.56 Å². The van der Waals surface area contributed by atoms with Gasteiger partial charge in [0.2, 0.25) is 0 Å². The Labute approximate surface area is 141 Å². The van der Waals surface area contributed by atoms with Crippen LogP contribution in [0.3, 0.4) is 0 Å². The van der Waals surface area contributed by atoms with Gasteiger partial charge in [-0.2, -0.15) is 0 Å². The molecule has 0 bridgehead atoms. The minimum Gasteiger partial charge on any atom is -0.504 e. The third-order valence-corrected chi connectivity index (χ3v) is 3.09. The van der Waals surface area contributed by atoms with E-state index in [0.29, 0.717) is 37.4 Å².